The molecule has 0 saturated carbocycles. The van der Waals surface area contributed by atoms with Gasteiger partial charge in [-0.1, -0.05) is 30.3 Å². The third-order valence-corrected chi connectivity index (χ3v) is 7.52. The van der Waals surface area contributed by atoms with Gasteiger partial charge in [0.05, 0.1) is 50.8 Å². The van der Waals surface area contributed by atoms with E-state index < -0.39 is 0 Å². The Morgan fingerprint density at radius 1 is 0.795 bits per heavy atom. The number of carbonyl (C=O) groups excluding carboxylic acids is 1. The molecule has 7 nitrogen and oxygen atoms in total. The van der Waals surface area contributed by atoms with Crippen LogP contribution >= 0.6 is 11.8 Å². The van der Waals surface area contributed by atoms with E-state index in [9.17, 15) is 4.79 Å². The van der Waals surface area contributed by atoms with Gasteiger partial charge in [0.2, 0.25) is 0 Å². The van der Waals surface area contributed by atoms with Crippen molar-refractivity contribution < 1.29 is 4.79 Å². The molecule has 0 atom stereocenters. The first-order valence-corrected chi connectivity index (χ1v) is 13.4. The number of aromatic nitrogens is 4. The highest BCUT2D eigenvalue weighted by Gasteiger charge is 2.18. The van der Waals surface area contributed by atoms with E-state index in [-0.39, 0.29) is 5.12 Å². The van der Waals surface area contributed by atoms with Crippen molar-refractivity contribution in [2.45, 2.75) is 11.8 Å². The number of aromatic amines is 2. The first-order valence-electron chi connectivity index (χ1n) is 12.6. The van der Waals surface area contributed by atoms with Crippen LogP contribution in [-0.4, -0.2) is 43.6 Å². The predicted molar refractivity (Wildman–Crippen MR) is 161 cm³/mol. The van der Waals surface area contributed by atoms with Crippen molar-refractivity contribution in [2.75, 3.05) is 6.54 Å². The van der Waals surface area contributed by atoms with Crippen molar-refractivity contribution in [1.29, 1.82) is 0 Å². The number of carbonyl (C=O) groups is 1. The first-order chi connectivity index (χ1) is 19.1. The van der Waals surface area contributed by atoms with Crippen LogP contribution in [-0.2, 0) is 4.79 Å². The van der Waals surface area contributed by atoms with Gasteiger partial charge in [0.25, 0.3) is 0 Å². The van der Waals surface area contributed by atoms with E-state index in [0.717, 1.165) is 66.4 Å². The number of nitrogens with one attached hydrogen (secondary N) is 2. The molecule has 1 aromatic carbocycles. The number of nitrogens with zero attached hydrogens (tertiary/aromatic N) is 4. The highest BCUT2D eigenvalue weighted by Crippen LogP contribution is 2.34. The molecule has 0 amide bonds. The molecule has 2 N–H and O–H groups in total. The Morgan fingerprint density at radius 3 is 2.33 bits per heavy atom. The summed E-state index contributed by atoms with van der Waals surface area (Å²) in [5, 5.41) is -0.00625. The molecule has 8 heteroatoms. The lowest BCUT2D eigenvalue weighted by molar-refractivity contribution is -0.109. The lowest BCUT2D eigenvalue weighted by Gasteiger charge is -2.04. The molecular weight excluding hydrogens is 504 g/mol. The number of thioether (sulfide) groups is 1. The van der Waals surface area contributed by atoms with Crippen molar-refractivity contribution >= 4 is 75.3 Å². The normalized spacial score (nSPS) is 13.7. The van der Waals surface area contributed by atoms with Gasteiger partial charge >= 0.3 is 0 Å². The second-order valence-corrected chi connectivity index (χ2v) is 10.4. The standard InChI is InChI=1S/C31H22N6OS/c1-18(38)39-30-26-10-8-21(35-26)17-20-7-9-24(34-20)29(31-32-15-16-33-31)25-12-11-22(36-25)28(19-5-3-2-4-6-19)23-13-14-27(30)37-23/h2-15,17,34,37H,16H2,1H3. The van der Waals surface area contributed by atoms with Crippen LogP contribution in [0, 0.1) is 0 Å². The second-order valence-electron chi connectivity index (χ2n) is 9.24. The van der Waals surface area contributed by atoms with E-state index in [1.807, 2.05) is 79.0 Å². The quantitative estimate of drug-likeness (QED) is 0.248. The summed E-state index contributed by atoms with van der Waals surface area (Å²) in [6.07, 6.45) is 9.77. The van der Waals surface area contributed by atoms with Gasteiger partial charge in [-0.25, -0.2) is 15.0 Å². The van der Waals surface area contributed by atoms with Crippen molar-refractivity contribution in [3.8, 4) is 11.1 Å². The van der Waals surface area contributed by atoms with Crippen LogP contribution in [0.5, 0.6) is 0 Å². The number of fused-ring (bicyclic) bond motifs is 8. The highest BCUT2D eigenvalue weighted by molar-refractivity contribution is 8.13. The lowest BCUT2D eigenvalue weighted by atomic mass is 10.0. The fraction of sp³-hybridized carbons (Fsp3) is 0.0645. The van der Waals surface area contributed by atoms with Crippen LogP contribution < -0.4 is 0 Å². The maximum absolute atomic E-state index is 12.2. The maximum atomic E-state index is 12.2. The molecule has 0 spiro atoms. The van der Waals surface area contributed by atoms with Crippen molar-refractivity contribution in [3.63, 3.8) is 0 Å². The molecule has 3 aromatic heterocycles. The Kier molecular flexibility index (Phi) is 5.67. The molecular formula is C31H22N6OS. The molecule has 0 unspecified atom stereocenters. The third-order valence-electron chi connectivity index (χ3n) is 6.60. The van der Waals surface area contributed by atoms with Crippen LogP contribution in [0.25, 0.3) is 57.5 Å². The molecule has 3 aliphatic rings. The van der Waals surface area contributed by atoms with E-state index in [4.69, 9.17) is 9.97 Å². The molecule has 0 aliphatic carbocycles. The molecule has 8 bridgehead atoms. The van der Waals surface area contributed by atoms with Gasteiger partial charge in [0.1, 0.15) is 0 Å². The predicted octanol–water partition coefficient (Wildman–Crippen LogP) is 6.79. The fourth-order valence-electron chi connectivity index (χ4n) is 4.95. The van der Waals surface area contributed by atoms with E-state index in [1.165, 1.54) is 11.8 Å². The van der Waals surface area contributed by atoms with Crippen LogP contribution in [0.2, 0.25) is 0 Å². The summed E-state index contributed by atoms with van der Waals surface area (Å²) >= 11 is 1.18. The van der Waals surface area contributed by atoms with Crippen molar-refractivity contribution in [2.24, 2.45) is 9.98 Å². The average Bonchev–Trinajstić information content (AvgIpc) is 3.76. The van der Waals surface area contributed by atoms with Gasteiger partial charge < -0.3 is 9.97 Å². The topological polar surface area (TPSA) is 99.2 Å². The van der Waals surface area contributed by atoms with E-state index in [0.29, 0.717) is 12.4 Å². The van der Waals surface area contributed by atoms with E-state index in [2.05, 4.69) is 32.1 Å². The number of hydrogen-bond acceptors (Lipinski definition) is 6. The van der Waals surface area contributed by atoms with Gasteiger partial charge in [-0.3, -0.25) is 9.79 Å². The largest absolute Gasteiger partial charge is 0.355 e. The third kappa shape index (κ3) is 4.34. The molecule has 0 fully saturated rings. The average molecular weight is 527 g/mol. The smallest absolute Gasteiger partial charge is 0.190 e. The summed E-state index contributed by atoms with van der Waals surface area (Å²) in [4.78, 5) is 39.2. The van der Waals surface area contributed by atoms with Gasteiger partial charge in [-0.2, -0.15) is 0 Å². The monoisotopic (exact) mass is 526 g/mol. The molecule has 6 heterocycles. The van der Waals surface area contributed by atoms with E-state index in [1.54, 1.807) is 6.92 Å². The summed E-state index contributed by atoms with van der Waals surface area (Å²) in [6, 6.07) is 20.2. The van der Waals surface area contributed by atoms with E-state index >= 15 is 0 Å². The van der Waals surface area contributed by atoms with Crippen molar-refractivity contribution in [1.82, 2.24) is 19.9 Å². The van der Waals surface area contributed by atoms with Crippen LogP contribution in [0.15, 0.2) is 75.5 Å². The molecule has 3 aliphatic heterocycles. The van der Waals surface area contributed by atoms with Gasteiger partial charge in [-0.05, 0) is 72.0 Å². The van der Waals surface area contributed by atoms with Crippen LogP contribution in [0.3, 0.4) is 0 Å². The Hall–Kier alpha value is -4.82. The minimum Gasteiger partial charge on any atom is -0.355 e. The molecule has 0 saturated heterocycles. The zero-order valence-corrected chi connectivity index (χ0v) is 21.8. The summed E-state index contributed by atoms with van der Waals surface area (Å²) in [7, 11) is 0. The summed E-state index contributed by atoms with van der Waals surface area (Å²) < 4.78 is 0. The van der Waals surface area contributed by atoms with Gasteiger partial charge in [0.15, 0.2) is 11.0 Å². The summed E-state index contributed by atoms with van der Waals surface area (Å²) in [5.74, 6) is 0.659. The SMILES string of the molecule is CC(=O)Sc1c2nc(cc3ccc([nH]3)c(C3=NCC=N3)c3nc(c(-c4ccccc4)c4ccc1[nH]4)C=C3)C=C2. The minimum absolute atomic E-state index is 0.00625. The highest BCUT2D eigenvalue weighted by atomic mass is 32.2. The number of rotatable bonds is 3. The Balaban J connectivity index is 1.64. The summed E-state index contributed by atoms with van der Waals surface area (Å²) in [5.41, 5.74) is 9.48. The number of benzene rings is 1. The lowest BCUT2D eigenvalue weighted by Crippen LogP contribution is -1.99. The fourth-order valence-corrected chi connectivity index (χ4v) is 5.68. The summed E-state index contributed by atoms with van der Waals surface area (Å²) in [6.45, 7) is 2.12. The molecule has 39 heavy (non-hydrogen) atoms. The maximum Gasteiger partial charge on any atom is 0.190 e. The number of aliphatic imine (C=N–C) groups is 2. The second kappa shape index (κ2) is 9.49. The Bertz CT molecular complexity index is 1940. The van der Waals surface area contributed by atoms with Crippen molar-refractivity contribution in [3.05, 3.63) is 89.0 Å². The molecule has 7 rings (SSSR count). The van der Waals surface area contributed by atoms with Crippen LogP contribution in [0.1, 0.15) is 35.3 Å². The number of amidine groups is 1. The van der Waals surface area contributed by atoms with Gasteiger partial charge in [-0.15, -0.1) is 0 Å². The number of hydrogen-bond donors (Lipinski definition) is 2. The van der Waals surface area contributed by atoms with Crippen LogP contribution in [0.4, 0.5) is 0 Å². The zero-order chi connectivity index (χ0) is 26.3. The molecule has 0 radical (unpaired) electrons. The Labute approximate surface area is 228 Å². The zero-order valence-electron chi connectivity index (χ0n) is 21.0. The Morgan fingerprint density at radius 2 is 1.54 bits per heavy atom. The minimum atomic E-state index is -0.00625. The first kappa shape index (κ1) is 23.3. The molecule has 188 valence electrons. The molecule has 4 aromatic rings. The van der Waals surface area contributed by atoms with Gasteiger partial charge in [0, 0.05) is 29.7 Å². The number of H-pyrrole nitrogens is 2.